The molecule has 2 fully saturated rings. The van der Waals surface area contributed by atoms with Gasteiger partial charge in [-0.15, -0.1) is 0 Å². The number of nitrogens with one attached hydrogen (secondary N) is 1. The quantitative estimate of drug-likeness (QED) is 0.724. The number of ether oxygens (including phenoxy) is 1. The van der Waals surface area contributed by atoms with E-state index in [1.165, 1.54) is 29.6 Å². The third kappa shape index (κ3) is 3.93. The Bertz CT molecular complexity index is 841. The highest BCUT2D eigenvalue weighted by Gasteiger charge is 2.40. The number of aliphatic carboxylic acids is 1. The van der Waals surface area contributed by atoms with Gasteiger partial charge in [0.05, 0.1) is 19.1 Å². The lowest BCUT2D eigenvalue weighted by atomic mass is 9.74. The van der Waals surface area contributed by atoms with Gasteiger partial charge >= 0.3 is 5.97 Å². The van der Waals surface area contributed by atoms with Crippen LogP contribution in [0.5, 0.6) is 5.75 Å². The number of rotatable bonds is 7. The first-order valence-corrected chi connectivity index (χ1v) is 10.4. The Morgan fingerprint density at radius 1 is 1.22 bits per heavy atom. The molecule has 1 aromatic rings. The Balaban J connectivity index is 1.88. The van der Waals surface area contributed by atoms with Crippen molar-refractivity contribution in [2.24, 2.45) is 0 Å². The van der Waals surface area contributed by atoms with E-state index < -0.39 is 27.4 Å². The van der Waals surface area contributed by atoms with Gasteiger partial charge in [0.15, 0.2) is 0 Å². The molecule has 2 N–H and O–H groups in total. The molecule has 0 atom stereocenters. The molecule has 1 aliphatic carbocycles. The molecule has 3 rings (SSSR count). The lowest BCUT2D eigenvalue weighted by Crippen LogP contribution is -2.54. The van der Waals surface area contributed by atoms with Crippen molar-refractivity contribution in [3.05, 3.63) is 23.8 Å². The number of amides is 1. The molecular weight excluding hydrogens is 372 g/mol. The first-order chi connectivity index (χ1) is 12.8. The standard InChI is InChI=1S/C18H24N2O6S/c1-26-14-6-5-13(11-15(14)27(24,25)20-9-2-3-10-20)17(23)19-18(7-4-8-18)12-16(21)22/h5-6,11H,2-4,7-10,12H2,1H3,(H,19,23)(H,21,22). The fourth-order valence-corrected chi connectivity index (χ4v) is 5.34. The van der Waals surface area contributed by atoms with Crippen molar-refractivity contribution >= 4 is 21.9 Å². The fourth-order valence-electron chi connectivity index (χ4n) is 3.64. The van der Waals surface area contributed by atoms with E-state index in [-0.39, 0.29) is 22.6 Å². The number of benzene rings is 1. The highest BCUT2D eigenvalue weighted by atomic mass is 32.2. The smallest absolute Gasteiger partial charge is 0.305 e. The molecule has 1 aromatic carbocycles. The van der Waals surface area contributed by atoms with E-state index in [2.05, 4.69) is 5.32 Å². The third-order valence-corrected chi connectivity index (χ3v) is 7.21. The number of carbonyl (C=O) groups excluding carboxylic acids is 1. The van der Waals surface area contributed by atoms with Crippen LogP contribution >= 0.6 is 0 Å². The molecule has 1 aliphatic heterocycles. The Morgan fingerprint density at radius 3 is 2.41 bits per heavy atom. The number of methoxy groups -OCH3 is 1. The molecular formula is C18H24N2O6S. The molecule has 1 saturated heterocycles. The minimum atomic E-state index is -3.76. The number of hydrogen-bond acceptors (Lipinski definition) is 5. The Hall–Kier alpha value is -2.13. The first kappa shape index (κ1) is 19.6. The highest BCUT2D eigenvalue weighted by molar-refractivity contribution is 7.89. The van der Waals surface area contributed by atoms with E-state index in [4.69, 9.17) is 9.84 Å². The van der Waals surface area contributed by atoms with Crippen LogP contribution in [0.25, 0.3) is 0 Å². The Morgan fingerprint density at radius 2 is 1.89 bits per heavy atom. The second kappa shape index (κ2) is 7.47. The van der Waals surface area contributed by atoms with Crippen molar-refractivity contribution in [2.75, 3.05) is 20.2 Å². The number of carboxylic acids is 1. The molecule has 0 radical (unpaired) electrons. The molecule has 148 valence electrons. The maximum Gasteiger partial charge on any atom is 0.305 e. The third-order valence-electron chi connectivity index (χ3n) is 5.29. The molecule has 1 heterocycles. The predicted octanol–water partition coefficient (Wildman–Crippen LogP) is 1.61. The van der Waals surface area contributed by atoms with Gasteiger partial charge in [-0.2, -0.15) is 4.31 Å². The largest absolute Gasteiger partial charge is 0.495 e. The maximum atomic E-state index is 12.9. The average Bonchev–Trinajstić information content (AvgIpc) is 3.14. The van der Waals surface area contributed by atoms with E-state index in [0.717, 1.165) is 19.3 Å². The molecule has 27 heavy (non-hydrogen) atoms. The lowest BCUT2D eigenvalue weighted by molar-refractivity contribution is -0.139. The van der Waals surface area contributed by atoms with Crippen molar-refractivity contribution in [1.82, 2.24) is 9.62 Å². The highest BCUT2D eigenvalue weighted by Crippen LogP contribution is 2.36. The summed E-state index contributed by atoms with van der Waals surface area (Å²) in [7, 11) is -2.37. The maximum absolute atomic E-state index is 12.9. The van der Waals surface area contributed by atoms with Crippen molar-refractivity contribution in [3.8, 4) is 5.75 Å². The van der Waals surface area contributed by atoms with Gasteiger partial charge in [-0.1, -0.05) is 0 Å². The van der Waals surface area contributed by atoms with Crippen LogP contribution < -0.4 is 10.1 Å². The molecule has 0 bridgehead atoms. The van der Waals surface area contributed by atoms with Gasteiger partial charge in [-0.3, -0.25) is 9.59 Å². The van der Waals surface area contributed by atoms with Gasteiger partial charge in [-0.05, 0) is 50.3 Å². The van der Waals surface area contributed by atoms with Crippen molar-refractivity contribution in [1.29, 1.82) is 0 Å². The van der Waals surface area contributed by atoms with Crippen LogP contribution in [0.1, 0.15) is 48.9 Å². The second-order valence-electron chi connectivity index (χ2n) is 7.14. The number of carbonyl (C=O) groups is 2. The summed E-state index contributed by atoms with van der Waals surface area (Å²) in [5.41, 5.74) is -0.582. The Labute approximate surface area is 158 Å². The minimum Gasteiger partial charge on any atom is -0.495 e. The van der Waals surface area contributed by atoms with Gasteiger partial charge in [0.25, 0.3) is 5.91 Å². The summed E-state index contributed by atoms with van der Waals surface area (Å²) < 4.78 is 32.4. The van der Waals surface area contributed by atoms with Gasteiger partial charge in [0, 0.05) is 18.7 Å². The minimum absolute atomic E-state index is 0.0413. The molecule has 1 amide bonds. The monoisotopic (exact) mass is 396 g/mol. The topological polar surface area (TPSA) is 113 Å². The van der Waals surface area contributed by atoms with Gasteiger partial charge in [0.2, 0.25) is 10.0 Å². The van der Waals surface area contributed by atoms with Crippen LogP contribution in [0.15, 0.2) is 23.1 Å². The molecule has 0 aromatic heterocycles. The van der Waals surface area contributed by atoms with Crippen LogP contribution in [0.3, 0.4) is 0 Å². The molecule has 0 spiro atoms. The van der Waals surface area contributed by atoms with Crippen LogP contribution in [0, 0.1) is 0 Å². The van der Waals surface area contributed by atoms with E-state index in [0.29, 0.717) is 25.9 Å². The van der Waals surface area contributed by atoms with Crippen molar-refractivity contribution < 1.29 is 27.9 Å². The van der Waals surface area contributed by atoms with Gasteiger partial charge in [0.1, 0.15) is 10.6 Å². The van der Waals surface area contributed by atoms with E-state index in [1.54, 1.807) is 0 Å². The summed E-state index contributed by atoms with van der Waals surface area (Å²) in [6, 6.07) is 4.27. The molecule has 9 heteroatoms. The SMILES string of the molecule is COc1ccc(C(=O)NC2(CC(=O)O)CCC2)cc1S(=O)(=O)N1CCCC1. The number of nitrogens with zero attached hydrogens (tertiary/aromatic N) is 1. The van der Waals surface area contributed by atoms with E-state index in [1.807, 2.05) is 0 Å². The Kier molecular flexibility index (Phi) is 5.43. The molecule has 2 aliphatic rings. The van der Waals surface area contributed by atoms with Crippen molar-refractivity contribution in [2.45, 2.75) is 49.0 Å². The summed E-state index contributed by atoms with van der Waals surface area (Å²) in [5, 5.41) is 11.9. The van der Waals surface area contributed by atoms with Crippen LogP contribution in [0.2, 0.25) is 0 Å². The number of carboxylic acid groups (broad SMARTS) is 1. The molecule has 1 saturated carbocycles. The van der Waals surface area contributed by atoms with E-state index >= 15 is 0 Å². The zero-order valence-electron chi connectivity index (χ0n) is 15.2. The van der Waals surface area contributed by atoms with Crippen molar-refractivity contribution in [3.63, 3.8) is 0 Å². The summed E-state index contributed by atoms with van der Waals surface area (Å²) >= 11 is 0. The normalized spacial score (nSPS) is 19.3. The molecule has 0 unspecified atom stereocenters. The number of hydrogen-bond donors (Lipinski definition) is 2. The molecule has 8 nitrogen and oxygen atoms in total. The zero-order chi connectivity index (χ0) is 19.7. The lowest BCUT2D eigenvalue weighted by Gasteiger charge is -2.41. The fraction of sp³-hybridized carbons (Fsp3) is 0.556. The van der Waals surface area contributed by atoms with E-state index in [9.17, 15) is 18.0 Å². The predicted molar refractivity (Wildman–Crippen MR) is 97.3 cm³/mol. The first-order valence-electron chi connectivity index (χ1n) is 9.00. The van der Waals surface area contributed by atoms with Crippen LogP contribution in [-0.4, -0.2) is 55.4 Å². The summed E-state index contributed by atoms with van der Waals surface area (Å²) in [5.74, 6) is -1.26. The second-order valence-corrected chi connectivity index (χ2v) is 9.04. The summed E-state index contributed by atoms with van der Waals surface area (Å²) in [4.78, 5) is 23.7. The summed E-state index contributed by atoms with van der Waals surface area (Å²) in [6.45, 7) is 0.896. The average molecular weight is 396 g/mol. The zero-order valence-corrected chi connectivity index (χ0v) is 16.0. The van der Waals surface area contributed by atoms with Gasteiger partial charge < -0.3 is 15.2 Å². The van der Waals surface area contributed by atoms with Gasteiger partial charge in [-0.25, -0.2) is 8.42 Å². The van der Waals surface area contributed by atoms with Crippen LogP contribution in [-0.2, 0) is 14.8 Å². The number of sulfonamides is 1. The van der Waals surface area contributed by atoms with Crippen LogP contribution in [0.4, 0.5) is 0 Å². The summed E-state index contributed by atoms with van der Waals surface area (Å²) in [6.07, 6.45) is 3.51.